The number of unbranched alkanes of at least 4 members (excludes halogenated alkanes) is 3. The zero-order valence-electron chi connectivity index (χ0n) is 27.5. The molecule has 1 fully saturated rings. The van der Waals surface area contributed by atoms with Crippen LogP contribution in [-0.2, 0) is 16.1 Å². The average Bonchev–Trinajstić information content (AvgIpc) is 3.62. The largest absolute Gasteiger partial charge is 0.486 e. The van der Waals surface area contributed by atoms with Gasteiger partial charge in [-0.1, -0.05) is 36.6 Å². The van der Waals surface area contributed by atoms with E-state index in [1.807, 2.05) is 37.4 Å². The van der Waals surface area contributed by atoms with Crippen molar-refractivity contribution >= 4 is 45.5 Å². The van der Waals surface area contributed by atoms with Crippen LogP contribution in [0.4, 0.5) is 17.1 Å². The summed E-state index contributed by atoms with van der Waals surface area (Å²) in [6.07, 6.45) is 11.0. The van der Waals surface area contributed by atoms with Crippen LogP contribution in [-0.4, -0.2) is 71.9 Å². The predicted molar refractivity (Wildman–Crippen MR) is 190 cm³/mol. The molecule has 0 saturated carbocycles. The minimum atomic E-state index is -0.310. The van der Waals surface area contributed by atoms with Crippen molar-refractivity contribution in [2.24, 2.45) is 0 Å². The third kappa shape index (κ3) is 10.4. The number of ether oxygens (including phenoxy) is 3. The van der Waals surface area contributed by atoms with Gasteiger partial charge in [0.2, 0.25) is 5.91 Å². The molecule has 49 heavy (non-hydrogen) atoms. The lowest BCUT2D eigenvalue weighted by Gasteiger charge is -2.19. The fourth-order valence-electron chi connectivity index (χ4n) is 5.35. The van der Waals surface area contributed by atoms with Gasteiger partial charge >= 0.3 is 0 Å². The summed E-state index contributed by atoms with van der Waals surface area (Å²) in [6.45, 7) is 3.07. The zero-order valence-corrected chi connectivity index (χ0v) is 28.3. The van der Waals surface area contributed by atoms with Crippen molar-refractivity contribution in [1.82, 2.24) is 14.9 Å². The molecule has 5 rings (SSSR count). The number of nitriles is 1. The molecule has 1 aliphatic heterocycles. The number of aliphatic hydroxyl groups is 1. The maximum Gasteiger partial charge on any atom is 0.248 e. The number of fused-ring (bicyclic) bond motifs is 1. The van der Waals surface area contributed by atoms with Crippen LogP contribution in [0.3, 0.4) is 0 Å². The molecule has 256 valence electrons. The van der Waals surface area contributed by atoms with E-state index in [4.69, 9.17) is 30.9 Å². The van der Waals surface area contributed by atoms with E-state index in [0.717, 1.165) is 44.3 Å². The van der Waals surface area contributed by atoms with Crippen LogP contribution < -0.4 is 20.1 Å². The smallest absolute Gasteiger partial charge is 0.248 e. The first-order chi connectivity index (χ1) is 23.9. The van der Waals surface area contributed by atoms with E-state index < -0.39 is 0 Å². The Morgan fingerprint density at radius 2 is 2.04 bits per heavy atom. The minimum Gasteiger partial charge on any atom is -0.486 e. The third-order valence-electron chi connectivity index (χ3n) is 7.97. The van der Waals surface area contributed by atoms with E-state index in [-0.39, 0.29) is 25.2 Å². The van der Waals surface area contributed by atoms with Gasteiger partial charge in [0, 0.05) is 55.2 Å². The lowest BCUT2D eigenvalue weighted by Crippen LogP contribution is -2.20. The summed E-state index contributed by atoms with van der Waals surface area (Å²) in [4.78, 5) is 24.1. The van der Waals surface area contributed by atoms with Crippen molar-refractivity contribution in [2.75, 3.05) is 50.6 Å². The molecule has 4 aromatic rings. The summed E-state index contributed by atoms with van der Waals surface area (Å²) in [5, 5.41) is 26.3. The molecule has 1 atom stereocenters. The first kappa shape index (κ1) is 35.6. The van der Waals surface area contributed by atoms with Crippen molar-refractivity contribution in [2.45, 2.75) is 44.8 Å². The molecule has 0 aliphatic carbocycles. The van der Waals surface area contributed by atoms with Gasteiger partial charge in [0.1, 0.15) is 30.3 Å². The standard InChI is InChI=1S/C37H41ClN6O5/c1-44(15-6-2-3-7-17-45)16-8-10-36(46)43-33-20-30-32(21-35(33)49-29-13-18-47-25-29)41-23-26(22-39)37(30)42-27-11-12-34(31(38)19-27)48-24-28-9-4-5-14-40-28/h4-5,8-12,14,19-21,23,29,45H,2-3,6-7,13,15-18,24-25H2,1H3,(H,41,42)(H,43,46)/t29-/m0/s1. The molecule has 3 heterocycles. The summed E-state index contributed by atoms with van der Waals surface area (Å²) in [6, 6.07) is 16.6. The van der Waals surface area contributed by atoms with Gasteiger partial charge in [-0.05, 0) is 62.8 Å². The van der Waals surface area contributed by atoms with Crippen LogP contribution in [0.1, 0.15) is 43.4 Å². The second-order valence-corrected chi connectivity index (χ2v) is 12.2. The number of carbonyl (C=O) groups excluding carboxylic acids is 1. The third-order valence-corrected chi connectivity index (χ3v) is 8.26. The van der Waals surface area contributed by atoms with Crippen LogP contribution in [0.25, 0.3) is 10.9 Å². The monoisotopic (exact) mass is 684 g/mol. The quantitative estimate of drug-likeness (QED) is 0.0820. The Kier molecular flexibility index (Phi) is 13.2. The molecule has 11 nitrogen and oxygen atoms in total. The lowest BCUT2D eigenvalue weighted by atomic mass is 10.1. The van der Waals surface area contributed by atoms with E-state index in [1.54, 1.807) is 30.5 Å². The van der Waals surface area contributed by atoms with Gasteiger partial charge in [-0.3, -0.25) is 14.8 Å². The van der Waals surface area contributed by atoms with E-state index in [0.29, 0.717) is 69.8 Å². The van der Waals surface area contributed by atoms with Crippen LogP contribution in [0, 0.1) is 11.3 Å². The predicted octanol–water partition coefficient (Wildman–Crippen LogP) is 6.62. The molecule has 2 aromatic heterocycles. The van der Waals surface area contributed by atoms with E-state index in [1.165, 1.54) is 12.3 Å². The number of rotatable bonds is 17. The highest BCUT2D eigenvalue weighted by Crippen LogP contribution is 2.38. The number of pyridine rings is 2. The zero-order chi connectivity index (χ0) is 34.4. The van der Waals surface area contributed by atoms with Crippen LogP contribution >= 0.6 is 11.6 Å². The molecule has 3 N–H and O–H groups in total. The molecular weight excluding hydrogens is 644 g/mol. The van der Waals surface area contributed by atoms with Crippen molar-refractivity contribution in [3.63, 3.8) is 0 Å². The molecule has 0 bridgehead atoms. The summed E-state index contributed by atoms with van der Waals surface area (Å²) < 4.78 is 17.7. The summed E-state index contributed by atoms with van der Waals surface area (Å²) >= 11 is 6.59. The van der Waals surface area contributed by atoms with E-state index in [9.17, 15) is 10.1 Å². The highest BCUT2D eigenvalue weighted by molar-refractivity contribution is 6.32. The number of amides is 1. The number of benzene rings is 2. The van der Waals surface area contributed by atoms with Crippen molar-refractivity contribution in [3.05, 3.63) is 89.4 Å². The van der Waals surface area contributed by atoms with Crippen LogP contribution in [0.2, 0.25) is 5.02 Å². The molecule has 1 amide bonds. The molecule has 0 radical (unpaired) electrons. The van der Waals surface area contributed by atoms with Crippen LogP contribution in [0.5, 0.6) is 11.5 Å². The van der Waals surface area contributed by atoms with Gasteiger partial charge in [0.05, 0.1) is 46.4 Å². The molecule has 0 unspecified atom stereocenters. The number of nitrogens with zero attached hydrogens (tertiary/aromatic N) is 4. The fraction of sp³-hybridized carbons (Fsp3) is 0.351. The van der Waals surface area contributed by atoms with E-state index >= 15 is 0 Å². The molecule has 1 aliphatic rings. The fourth-order valence-corrected chi connectivity index (χ4v) is 5.58. The number of aromatic nitrogens is 2. The summed E-state index contributed by atoms with van der Waals surface area (Å²) in [5.74, 6) is 0.651. The highest BCUT2D eigenvalue weighted by atomic mass is 35.5. The van der Waals surface area contributed by atoms with Gasteiger partial charge < -0.3 is 34.9 Å². The summed E-state index contributed by atoms with van der Waals surface area (Å²) in [7, 11) is 2.01. The number of hydrogen-bond donors (Lipinski definition) is 3. The van der Waals surface area contributed by atoms with Gasteiger partial charge in [-0.25, -0.2) is 0 Å². The average molecular weight is 685 g/mol. The Morgan fingerprint density at radius 1 is 1.16 bits per heavy atom. The number of anilines is 3. The topological polar surface area (TPSA) is 142 Å². The number of aliphatic hydroxyl groups excluding tert-OH is 1. The van der Waals surface area contributed by atoms with Gasteiger partial charge in [0.15, 0.2) is 0 Å². The number of likely N-dealkylation sites (N-methyl/N-ethyl adjacent to an activating group) is 1. The first-order valence-electron chi connectivity index (χ1n) is 16.4. The Balaban J connectivity index is 1.35. The molecule has 2 aromatic carbocycles. The van der Waals surface area contributed by atoms with Crippen molar-refractivity contribution in [1.29, 1.82) is 5.26 Å². The normalized spacial score (nSPS) is 14.3. The van der Waals surface area contributed by atoms with Gasteiger partial charge in [0.25, 0.3) is 0 Å². The maximum absolute atomic E-state index is 13.1. The van der Waals surface area contributed by atoms with Gasteiger partial charge in [-0.2, -0.15) is 5.26 Å². The summed E-state index contributed by atoms with van der Waals surface area (Å²) in [5.41, 5.74) is 3.25. The second-order valence-electron chi connectivity index (χ2n) is 11.8. The molecule has 1 saturated heterocycles. The maximum atomic E-state index is 13.1. The van der Waals surface area contributed by atoms with Crippen molar-refractivity contribution < 1.29 is 24.1 Å². The molecule has 12 heteroatoms. The molecule has 0 spiro atoms. The van der Waals surface area contributed by atoms with Crippen LogP contribution in [0.15, 0.2) is 73.1 Å². The lowest BCUT2D eigenvalue weighted by molar-refractivity contribution is -0.111. The second kappa shape index (κ2) is 18.1. The van der Waals surface area contributed by atoms with Gasteiger partial charge in [-0.15, -0.1) is 0 Å². The first-order valence-corrected chi connectivity index (χ1v) is 16.8. The number of nitrogens with one attached hydrogen (secondary N) is 2. The molecular formula is C37H41ClN6O5. The Hall–Kier alpha value is -4.73. The number of halogens is 1. The highest BCUT2D eigenvalue weighted by Gasteiger charge is 2.21. The number of hydrogen-bond acceptors (Lipinski definition) is 10. The Morgan fingerprint density at radius 3 is 2.80 bits per heavy atom. The van der Waals surface area contributed by atoms with E-state index in [2.05, 4.69) is 31.6 Å². The minimum absolute atomic E-state index is 0.161. The Labute approximate surface area is 291 Å². The number of carbonyl (C=O) groups is 1. The van der Waals surface area contributed by atoms with Crippen molar-refractivity contribution in [3.8, 4) is 17.6 Å². The Bertz CT molecular complexity index is 1780. The SMILES string of the molecule is CN(CC=CC(=O)Nc1cc2c(Nc3ccc(OCc4ccccn4)c(Cl)c3)c(C#N)cnc2cc1O[C@H]1CCOC1)CCCCCCO.